The van der Waals surface area contributed by atoms with Crippen molar-refractivity contribution in [3.8, 4) is 5.75 Å². The summed E-state index contributed by atoms with van der Waals surface area (Å²) < 4.78 is 1.82. The third-order valence-corrected chi connectivity index (χ3v) is 3.87. The van der Waals surface area contributed by atoms with Gasteiger partial charge in [-0.3, -0.25) is 0 Å². The van der Waals surface area contributed by atoms with E-state index >= 15 is 0 Å². The van der Waals surface area contributed by atoms with Gasteiger partial charge in [-0.1, -0.05) is 44.2 Å². The van der Waals surface area contributed by atoms with Gasteiger partial charge in [-0.2, -0.15) is 9.61 Å². The lowest BCUT2D eigenvalue weighted by Crippen LogP contribution is -2.16. The molecular weight excluding hydrogens is 272 g/mol. The Morgan fingerprint density at radius 3 is 2.75 bits per heavy atom. The molecule has 2 heterocycles. The van der Waals surface area contributed by atoms with Crippen molar-refractivity contribution in [3.63, 3.8) is 0 Å². The second kappa shape index (κ2) is 4.56. The minimum atomic E-state index is -0.0875. The molecule has 5 nitrogen and oxygen atoms in total. The molecule has 3 rings (SSSR count). The van der Waals surface area contributed by atoms with Crippen LogP contribution in [-0.2, 0) is 11.8 Å². The summed E-state index contributed by atoms with van der Waals surface area (Å²) in [4.78, 5) is 0.810. The molecule has 0 spiro atoms. The van der Waals surface area contributed by atoms with E-state index in [0.717, 1.165) is 21.4 Å². The molecule has 0 saturated heterocycles. The fraction of sp³-hybridized carbons (Fsp3) is 0.357. The number of fused-ring (bicyclic) bond motifs is 1. The molecule has 0 saturated carbocycles. The third kappa shape index (κ3) is 2.38. The van der Waals surface area contributed by atoms with Crippen LogP contribution in [0.25, 0.3) is 4.96 Å². The Bertz CT molecular complexity index is 754. The first-order valence-corrected chi connectivity index (χ1v) is 7.24. The van der Waals surface area contributed by atoms with E-state index in [0.29, 0.717) is 6.42 Å². The molecule has 104 valence electrons. The molecule has 0 atom stereocenters. The van der Waals surface area contributed by atoms with E-state index in [1.807, 2.05) is 16.6 Å². The lowest BCUT2D eigenvalue weighted by molar-refractivity contribution is 0.474. The fourth-order valence-corrected chi connectivity index (χ4v) is 2.90. The molecule has 1 aromatic carbocycles. The van der Waals surface area contributed by atoms with Gasteiger partial charge < -0.3 is 5.11 Å². The number of phenolic OH excluding ortho intramolecular Hbond substituents is 1. The SMILES string of the molecule is CC(C)(C)c1nnc2sc(Cc3cccc(O)c3)nn12. The Morgan fingerprint density at radius 2 is 2.05 bits per heavy atom. The zero-order valence-electron chi connectivity index (χ0n) is 11.7. The van der Waals surface area contributed by atoms with E-state index in [1.54, 1.807) is 12.1 Å². The van der Waals surface area contributed by atoms with Gasteiger partial charge in [0.15, 0.2) is 5.82 Å². The standard InChI is InChI=1S/C14H16N4OS/c1-14(2,3)12-15-16-13-18(12)17-11(20-13)8-9-5-4-6-10(19)7-9/h4-7,19H,8H2,1-3H3. The molecule has 6 heteroatoms. The van der Waals surface area contributed by atoms with Gasteiger partial charge in [0.05, 0.1) is 0 Å². The molecule has 0 bridgehead atoms. The van der Waals surface area contributed by atoms with E-state index < -0.39 is 0 Å². The quantitative estimate of drug-likeness (QED) is 0.787. The van der Waals surface area contributed by atoms with E-state index in [4.69, 9.17) is 0 Å². The number of aromatic nitrogens is 4. The van der Waals surface area contributed by atoms with Gasteiger partial charge in [-0.15, -0.1) is 10.2 Å². The zero-order chi connectivity index (χ0) is 14.3. The van der Waals surface area contributed by atoms with Crippen molar-refractivity contribution in [1.82, 2.24) is 19.8 Å². The Morgan fingerprint density at radius 1 is 1.25 bits per heavy atom. The predicted molar refractivity (Wildman–Crippen MR) is 78.3 cm³/mol. The highest BCUT2D eigenvalue weighted by atomic mass is 32.1. The second-order valence-corrected chi connectivity index (χ2v) is 6.85. The highest BCUT2D eigenvalue weighted by Crippen LogP contribution is 2.24. The van der Waals surface area contributed by atoms with E-state index in [9.17, 15) is 5.11 Å². The summed E-state index contributed by atoms with van der Waals surface area (Å²) in [5.74, 6) is 1.15. The third-order valence-electron chi connectivity index (χ3n) is 2.97. The van der Waals surface area contributed by atoms with Gasteiger partial charge in [0.1, 0.15) is 10.8 Å². The number of rotatable bonds is 2. The van der Waals surface area contributed by atoms with Crippen LogP contribution in [0.3, 0.4) is 0 Å². The molecule has 0 aliphatic rings. The Hall–Kier alpha value is -1.95. The predicted octanol–water partition coefficient (Wildman–Crippen LogP) is 2.78. The van der Waals surface area contributed by atoms with Crippen LogP contribution < -0.4 is 0 Å². The van der Waals surface area contributed by atoms with Crippen molar-refractivity contribution in [2.75, 3.05) is 0 Å². The molecule has 0 amide bonds. The van der Waals surface area contributed by atoms with Crippen LogP contribution >= 0.6 is 11.3 Å². The summed E-state index contributed by atoms with van der Waals surface area (Å²) in [7, 11) is 0. The average Bonchev–Trinajstić information content (AvgIpc) is 2.86. The normalized spacial score (nSPS) is 12.2. The number of hydrogen-bond acceptors (Lipinski definition) is 5. The lowest BCUT2D eigenvalue weighted by atomic mass is 9.96. The van der Waals surface area contributed by atoms with Crippen LogP contribution in [0.5, 0.6) is 5.75 Å². The molecule has 0 fully saturated rings. The summed E-state index contributed by atoms with van der Waals surface area (Å²) in [6.45, 7) is 6.28. The monoisotopic (exact) mass is 288 g/mol. The van der Waals surface area contributed by atoms with Crippen LogP contribution in [0.4, 0.5) is 0 Å². The average molecular weight is 288 g/mol. The first-order valence-electron chi connectivity index (χ1n) is 6.43. The fourth-order valence-electron chi connectivity index (χ4n) is 2.04. The Labute approximate surface area is 120 Å². The van der Waals surface area contributed by atoms with E-state index in [-0.39, 0.29) is 11.2 Å². The van der Waals surface area contributed by atoms with Crippen molar-refractivity contribution < 1.29 is 5.11 Å². The molecule has 1 N–H and O–H groups in total. The van der Waals surface area contributed by atoms with Crippen LogP contribution in [0.1, 0.15) is 37.2 Å². The van der Waals surface area contributed by atoms with Gasteiger partial charge in [0, 0.05) is 11.8 Å². The molecule has 3 aromatic rings. The van der Waals surface area contributed by atoms with Gasteiger partial charge in [-0.25, -0.2) is 0 Å². The topological polar surface area (TPSA) is 63.3 Å². The van der Waals surface area contributed by atoms with Gasteiger partial charge in [-0.05, 0) is 17.7 Å². The van der Waals surface area contributed by atoms with Crippen molar-refractivity contribution in [3.05, 3.63) is 40.7 Å². The summed E-state index contributed by atoms with van der Waals surface area (Å²) in [5, 5.41) is 23.4. The number of benzene rings is 1. The van der Waals surface area contributed by atoms with Crippen molar-refractivity contribution in [2.24, 2.45) is 0 Å². The largest absolute Gasteiger partial charge is 0.508 e. The Kier molecular flexibility index (Phi) is 2.97. The second-order valence-electron chi connectivity index (χ2n) is 5.81. The molecule has 0 unspecified atom stereocenters. The Balaban J connectivity index is 1.96. The first-order chi connectivity index (χ1) is 9.43. The lowest BCUT2D eigenvalue weighted by Gasteiger charge is -2.13. The number of aromatic hydroxyl groups is 1. The summed E-state index contributed by atoms with van der Waals surface area (Å²) >= 11 is 1.53. The van der Waals surface area contributed by atoms with Crippen LogP contribution in [0.15, 0.2) is 24.3 Å². The van der Waals surface area contributed by atoms with Gasteiger partial charge in [0.2, 0.25) is 4.96 Å². The highest BCUT2D eigenvalue weighted by Gasteiger charge is 2.23. The number of phenols is 1. The van der Waals surface area contributed by atoms with Crippen molar-refractivity contribution >= 4 is 16.3 Å². The molecule has 0 aliphatic carbocycles. The van der Waals surface area contributed by atoms with E-state index in [1.165, 1.54) is 11.3 Å². The molecule has 0 aliphatic heterocycles. The summed E-state index contributed by atoms with van der Waals surface area (Å²) in [5.41, 5.74) is 0.947. The van der Waals surface area contributed by atoms with E-state index in [2.05, 4.69) is 36.1 Å². The molecule has 0 radical (unpaired) electrons. The van der Waals surface area contributed by atoms with Crippen molar-refractivity contribution in [1.29, 1.82) is 0 Å². The summed E-state index contributed by atoms with van der Waals surface area (Å²) in [6.07, 6.45) is 0.687. The zero-order valence-corrected chi connectivity index (χ0v) is 12.5. The molecular formula is C14H16N4OS. The minimum Gasteiger partial charge on any atom is -0.508 e. The minimum absolute atomic E-state index is 0.0875. The van der Waals surface area contributed by atoms with Crippen LogP contribution in [0, 0.1) is 0 Å². The maximum atomic E-state index is 9.50. The molecule has 20 heavy (non-hydrogen) atoms. The van der Waals surface area contributed by atoms with Gasteiger partial charge >= 0.3 is 0 Å². The maximum Gasteiger partial charge on any atom is 0.234 e. The van der Waals surface area contributed by atoms with Crippen LogP contribution in [0.2, 0.25) is 0 Å². The number of nitrogens with zero attached hydrogens (tertiary/aromatic N) is 4. The number of hydrogen-bond donors (Lipinski definition) is 1. The highest BCUT2D eigenvalue weighted by molar-refractivity contribution is 7.16. The molecule has 2 aromatic heterocycles. The summed E-state index contributed by atoms with van der Waals surface area (Å²) in [6, 6.07) is 7.24. The first kappa shape index (κ1) is 13.1. The maximum absolute atomic E-state index is 9.50. The van der Waals surface area contributed by atoms with Crippen LogP contribution in [-0.4, -0.2) is 24.9 Å². The van der Waals surface area contributed by atoms with Gasteiger partial charge in [0.25, 0.3) is 0 Å². The van der Waals surface area contributed by atoms with Crippen molar-refractivity contribution in [2.45, 2.75) is 32.6 Å². The smallest absolute Gasteiger partial charge is 0.234 e.